The van der Waals surface area contributed by atoms with Gasteiger partial charge in [-0.2, -0.15) is 0 Å². The normalized spacial score (nSPS) is 19.9. The summed E-state index contributed by atoms with van der Waals surface area (Å²) >= 11 is 0. The molecule has 3 rings (SSSR count). The molecule has 1 aromatic rings. The van der Waals surface area contributed by atoms with E-state index in [4.69, 9.17) is 4.74 Å². The van der Waals surface area contributed by atoms with E-state index in [2.05, 4.69) is 5.32 Å². The summed E-state index contributed by atoms with van der Waals surface area (Å²) in [5.74, 6) is -0.831. The Labute approximate surface area is 141 Å². The van der Waals surface area contributed by atoms with Crippen LogP contribution in [0.5, 0.6) is 0 Å². The van der Waals surface area contributed by atoms with E-state index < -0.39 is 12.0 Å². The van der Waals surface area contributed by atoms with E-state index >= 15 is 0 Å². The van der Waals surface area contributed by atoms with Crippen LogP contribution in [0.25, 0.3) is 0 Å². The zero-order chi connectivity index (χ0) is 16.9. The lowest BCUT2D eigenvalue weighted by atomic mass is 10.1. The van der Waals surface area contributed by atoms with Gasteiger partial charge in [0, 0.05) is 18.8 Å². The monoisotopic (exact) mass is 333 g/mol. The van der Waals surface area contributed by atoms with Crippen LogP contribution >= 0.6 is 0 Å². The summed E-state index contributed by atoms with van der Waals surface area (Å²) in [6.07, 6.45) is 2.08. The average molecular weight is 333 g/mol. The minimum Gasteiger partial charge on any atom is -0.480 e. The van der Waals surface area contributed by atoms with Crippen molar-refractivity contribution >= 4 is 17.7 Å². The van der Waals surface area contributed by atoms with Gasteiger partial charge in [-0.1, -0.05) is 12.1 Å². The van der Waals surface area contributed by atoms with Gasteiger partial charge < -0.3 is 20.1 Å². The first-order chi connectivity index (χ1) is 11.6. The number of carboxylic acid groups (broad SMARTS) is 1. The number of rotatable bonds is 4. The molecule has 0 spiro atoms. The van der Waals surface area contributed by atoms with Gasteiger partial charge in [-0.05, 0) is 43.6 Å². The highest BCUT2D eigenvalue weighted by Gasteiger charge is 2.29. The van der Waals surface area contributed by atoms with Crippen molar-refractivity contribution in [3.05, 3.63) is 29.8 Å². The lowest BCUT2D eigenvalue weighted by molar-refractivity contribution is -0.143. The number of anilines is 1. The number of ether oxygens (including phenoxy) is 1. The molecule has 2 heterocycles. The molecule has 7 nitrogen and oxygen atoms in total. The Hall–Kier alpha value is -2.12. The molecule has 1 unspecified atom stereocenters. The van der Waals surface area contributed by atoms with Gasteiger partial charge in [-0.3, -0.25) is 9.69 Å². The number of urea groups is 1. The number of carbonyl (C=O) groups is 2. The van der Waals surface area contributed by atoms with Crippen LogP contribution in [0.2, 0.25) is 0 Å². The lowest BCUT2D eigenvalue weighted by Crippen LogP contribution is -2.43. The molecule has 2 aliphatic rings. The van der Waals surface area contributed by atoms with Crippen molar-refractivity contribution in [2.45, 2.75) is 18.9 Å². The number of benzene rings is 1. The molecule has 0 aliphatic carbocycles. The third-order valence-corrected chi connectivity index (χ3v) is 4.52. The molecule has 0 aromatic heterocycles. The maximum Gasteiger partial charge on any atom is 0.325 e. The molecular weight excluding hydrogens is 310 g/mol. The van der Waals surface area contributed by atoms with Crippen molar-refractivity contribution in [2.24, 2.45) is 0 Å². The van der Waals surface area contributed by atoms with Gasteiger partial charge in [-0.15, -0.1) is 0 Å². The number of likely N-dealkylation sites (tertiary alicyclic amines) is 1. The van der Waals surface area contributed by atoms with Crippen LogP contribution in [0.3, 0.4) is 0 Å². The van der Waals surface area contributed by atoms with Crippen LogP contribution in [0, 0.1) is 0 Å². The first-order valence-electron chi connectivity index (χ1n) is 8.35. The highest BCUT2D eigenvalue weighted by molar-refractivity contribution is 5.89. The van der Waals surface area contributed by atoms with Gasteiger partial charge in [0.1, 0.15) is 6.04 Å². The molecule has 7 heteroatoms. The number of carbonyl (C=O) groups excluding carboxylic acids is 1. The molecule has 0 saturated carbocycles. The number of nitrogens with one attached hydrogen (secondary N) is 1. The fourth-order valence-corrected chi connectivity index (χ4v) is 3.23. The molecule has 2 aliphatic heterocycles. The maximum absolute atomic E-state index is 12.2. The Balaban J connectivity index is 1.65. The first kappa shape index (κ1) is 16.7. The van der Waals surface area contributed by atoms with Gasteiger partial charge in [0.2, 0.25) is 0 Å². The number of morpholine rings is 1. The highest BCUT2D eigenvalue weighted by Crippen LogP contribution is 2.26. The number of hydrogen-bond acceptors (Lipinski definition) is 4. The largest absolute Gasteiger partial charge is 0.480 e. The molecule has 2 saturated heterocycles. The van der Waals surface area contributed by atoms with Crippen LogP contribution in [-0.2, 0) is 9.53 Å². The van der Waals surface area contributed by atoms with Crippen molar-refractivity contribution in [1.29, 1.82) is 0 Å². The highest BCUT2D eigenvalue weighted by atomic mass is 16.5. The second-order valence-electron chi connectivity index (χ2n) is 6.14. The van der Waals surface area contributed by atoms with Crippen LogP contribution in [-0.4, -0.2) is 66.3 Å². The fraction of sp³-hybridized carbons (Fsp3) is 0.529. The quantitative estimate of drug-likeness (QED) is 0.877. The summed E-state index contributed by atoms with van der Waals surface area (Å²) in [5.41, 5.74) is 1.41. The standard InChI is InChI=1S/C17H23N3O4/c21-16(22)15(19-7-1-2-8-19)13-3-5-14(6-4-13)18-17(23)20-9-11-24-12-10-20/h3-6,15H,1-2,7-12H2,(H,18,23)(H,21,22). The number of amides is 2. The number of aliphatic carboxylic acids is 1. The lowest BCUT2D eigenvalue weighted by Gasteiger charge is -2.27. The van der Waals surface area contributed by atoms with Crippen molar-refractivity contribution in [2.75, 3.05) is 44.7 Å². The number of nitrogens with zero attached hydrogens (tertiary/aromatic N) is 2. The van der Waals surface area contributed by atoms with Gasteiger partial charge in [0.05, 0.1) is 13.2 Å². The van der Waals surface area contributed by atoms with E-state index in [1.807, 2.05) is 4.90 Å². The summed E-state index contributed by atoms with van der Waals surface area (Å²) in [6, 6.07) is 6.33. The van der Waals surface area contributed by atoms with Crippen molar-refractivity contribution in [1.82, 2.24) is 9.80 Å². The summed E-state index contributed by atoms with van der Waals surface area (Å²) in [7, 11) is 0. The topological polar surface area (TPSA) is 82.1 Å². The van der Waals surface area contributed by atoms with E-state index in [1.54, 1.807) is 29.2 Å². The summed E-state index contributed by atoms with van der Waals surface area (Å²) in [4.78, 5) is 27.5. The average Bonchev–Trinajstić information content (AvgIpc) is 3.11. The molecule has 1 aromatic carbocycles. The predicted octanol–water partition coefficient (Wildman–Crippen LogP) is 1.77. The molecule has 24 heavy (non-hydrogen) atoms. The zero-order valence-corrected chi connectivity index (χ0v) is 13.6. The summed E-state index contributed by atoms with van der Waals surface area (Å²) < 4.78 is 5.23. The Morgan fingerprint density at radius 2 is 1.67 bits per heavy atom. The Bertz CT molecular complexity index is 578. The third-order valence-electron chi connectivity index (χ3n) is 4.52. The number of carboxylic acids is 1. The van der Waals surface area contributed by atoms with Crippen molar-refractivity contribution in [3.63, 3.8) is 0 Å². The van der Waals surface area contributed by atoms with E-state index in [0.29, 0.717) is 32.0 Å². The van der Waals surface area contributed by atoms with Crippen LogP contribution in [0.4, 0.5) is 10.5 Å². The fourth-order valence-electron chi connectivity index (χ4n) is 3.23. The molecule has 1 atom stereocenters. The Kier molecular flexibility index (Phi) is 5.32. The van der Waals surface area contributed by atoms with Crippen LogP contribution in [0.15, 0.2) is 24.3 Å². The molecule has 2 N–H and O–H groups in total. The molecule has 0 radical (unpaired) electrons. The zero-order valence-electron chi connectivity index (χ0n) is 13.6. The summed E-state index contributed by atoms with van der Waals surface area (Å²) in [5, 5.41) is 12.4. The molecular formula is C17H23N3O4. The number of hydrogen-bond donors (Lipinski definition) is 2. The summed E-state index contributed by atoms with van der Waals surface area (Å²) in [6.45, 7) is 3.91. The Morgan fingerprint density at radius 3 is 2.25 bits per heavy atom. The minimum absolute atomic E-state index is 0.152. The Morgan fingerprint density at radius 1 is 1.04 bits per heavy atom. The van der Waals surface area contributed by atoms with Gasteiger partial charge >= 0.3 is 12.0 Å². The van der Waals surface area contributed by atoms with Crippen LogP contribution < -0.4 is 5.32 Å². The molecule has 2 fully saturated rings. The SMILES string of the molecule is O=C(O)C(c1ccc(NC(=O)N2CCOCC2)cc1)N1CCCC1. The van der Waals surface area contributed by atoms with E-state index in [-0.39, 0.29) is 6.03 Å². The van der Waals surface area contributed by atoms with Crippen molar-refractivity contribution in [3.8, 4) is 0 Å². The van der Waals surface area contributed by atoms with E-state index in [9.17, 15) is 14.7 Å². The van der Waals surface area contributed by atoms with E-state index in [1.165, 1.54) is 0 Å². The van der Waals surface area contributed by atoms with Gasteiger partial charge in [0.25, 0.3) is 0 Å². The first-order valence-corrected chi connectivity index (χ1v) is 8.35. The van der Waals surface area contributed by atoms with Crippen LogP contribution in [0.1, 0.15) is 24.4 Å². The van der Waals surface area contributed by atoms with Gasteiger partial charge in [0.15, 0.2) is 0 Å². The molecule has 130 valence electrons. The second kappa shape index (κ2) is 7.63. The smallest absolute Gasteiger partial charge is 0.325 e. The molecule has 2 amide bonds. The maximum atomic E-state index is 12.2. The third kappa shape index (κ3) is 3.85. The molecule has 0 bridgehead atoms. The second-order valence-corrected chi connectivity index (χ2v) is 6.14. The predicted molar refractivity (Wildman–Crippen MR) is 89.0 cm³/mol. The van der Waals surface area contributed by atoms with Gasteiger partial charge in [-0.25, -0.2) is 4.79 Å². The van der Waals surface area contributed by atoms with Crippen molar-refractivity contribution < 1.29 is 19.4 Å². The van der Waals surface area contributed by atoms with E-state index in [0.717, 1.165) is 31.5 Å². The minimum atomic E-state index is -0.831.